The average molecular weight is 398 g/mol. The van der Waals surface area contributed by atoms with Gasteiger partial charge in [0.1, 0.15) is 17.1 Å². The van der Waals surface area contributed by atoms with Gasteiger partial charge in [-0.15, -0.1) is 0 Å². The first-order valence-corrected chi connectivity index (χ1v) is 9.16. The molecule has 1 aromatic heterocycles. The summed E-state index contributed by atoms with van der Waals surface area (Å²) in [5.41, 5.74) is 1.57. The van der Waals surface area contributed by atoms with Gasteiger partial charge in [-0.25, -0.2) is 0 Å². The van der Waals surface area contributed by atoms with Crippen molar-refractivity contribution in [2.75, 3.05) is 20.3 Å². The number of nitro benzene ring substituents is 1. The Morgan fingerprint density at radius 3 is 2.55 bits per heavy atom. The number of non-ortho nitro benzene ring substituents is 1. The van der Waals surface area contributed by atoms with Gasteiger partial charge in [-0.3, -0.25) is 19.8 Å². The number of ether oxygens (including phenoxy) is 2. The van der Waals surface area contributed by atoms with E-state index in [-0.39, 0.29) is 18.2 Å². The molecule has 0 atom stereocenters. The molecule has 152 valence electrons. The molecule has 0 saturated heterocycles. The average Bonchev–Trinajstić information content (AvgIpc) is 3.10. The van der Waals surface area contributed by atoms with Crippen LogP contribution in [0.3, 0.4) is 0 Å². The molecule has 0 radical (unpaired) electrons. The number of methoxy groups -OCH3 is 1. The van der Waals surface area contributed by atoms with E-state index < -0.39 is 4.92 Å². The van der Waals surface area contributed by atoms with Gasteiger partial charge in [0, 0.05) is 24.1 Å². The summed E-state index contributed by atoms with van der Waals surface area (Å²) >= 11 is 0. The highest BCUT2D eigenvalue weighted by molar-refractivity contribution is 5.80. The molecule has 29 heavy (non-hydrogen) atoms. The predicted octanol–water partition coefficient (Wildman–Crippen LogP) is 3.91. The van der Waals surface area contributed by atoms with Gasteiger partial charge in [-0.05, 0) is 36.8 Å². The number of furan rings is 1. The highest BCUT2D eigenvalue weighted by Gasteiger charge is 2.16. The molecule has 8 heteroatoms. The van der Waals surface area contributed by atoms with Crippen LogP contribution in [0, 0.1) is 10.1 Å². The summed E-state index contributed by atoms with van der Waals surface area (Å²) in [6.45, 7) is 3.02. The number of carbonyl (C=O) groups excluding carboxylic acids is 1. The quantitative estimate of drug-likeness (QED) is 0.306. The lowest BCUT2D eigenvalue weighted by molar-refractivity contribution is -0.384. The minimum absolute atomic E-state index is 0.00598. The van der Waals surface area contributed by atoms with Crippen LogP contribution < -0.4 is 4.74 Å². The SMILES string of the molecule is CCOC(=O)CN(Cc1ccc(OC)cc1)Cc1cc2cc([N+](=O)[O-])ccc2o1. The van der Waals surface area contributed by atoms with Crippen LogP contribution in [0.5, 0.6) is 5.75 Å². The molecule has 0 amide bonds. The van der Waals surface area contributed by atoms with Crippen molar-refractivity contribution in [3.63, 3.8) is 0 Å². The van der Waals surface area contributed by atoms with Gasteiger partial charge in [-0.2, -0.15) is 0 Å². The molecule has 2 aromatic carbocycles. The molecule has 0 unspecified atom stereocenters. The number of nitrogens with zero attached hydrogens (tertiary/aromatic N) is 2. The van der Waals surface area contributed by atoms with E-state index in [0.717, 1.165) is 11.3 Å². The van der Waals surface area contributed by atoms with Crippen molar-refractivity contribution in [1.29, 1.82) is 0 Å². The second-order valence-electron chi connectivity index (χ2n) is 6.49. The largest absolute Gasteiger partial charge is 0.497 e. The molecule has 0 aliphatic heterocycles. The molecule has 0 aliphatic rings. The Morgan fingerprint density at radius 2 is 1.90 bits per heavy atom. The zero-order chi connectivity index (χ0) is 20.8. The van der Waals surface area contributed by atoms with Crippen LogP contribution in [-0.2, 0) is 22.6 Å². The summed E-state index contributed by atoms with van der Waals surface area (Å²) < 4.78 is 16.1. The monoisotopic (exact) mass is 398 g/mol. The highest BCUT2D eigenvalue weighted by atomic mass is 16.6. The Hall–Kier alpha value is -3.39. The maximum atomic E-state index is 12.0. The highest BCUT2D eigenvalue weighted by Crippen LogP contribution is 2.25. The molecule has 0 N–H and O–H groups in total. The molecule has 8 nitrogen and oxygen atoms in total. The van der Waals surface area contributed by atoms with Gasteiger partial charge in [0.15, 0.2) is 0 Å². The molecule has 0 bridgehead atoms. The lowest BCUT2D eigenvalue weighted by Crippen LogP contribution is -2.30. The van der Waals surface area contributed by atoms with Crippen LogP contribution in [0.1, 0.15) is 18.2 Å². The van der Waals surface area contributed by atoms with E-state index in [2.05, 4.69) is 0 Å². The van der Waals surface area contributed by atoms with Gasteiger partial charge < -0.3 is 13.9 Å². The van der Waals surface area contributed by atoms with Crippen molar-refractivity contribution in [2.45, 2.75) is 20.0 Å². The zero-order valence-electron chi connectivity index (χ0n) is 16.3. The number of hydrogen-bond donors (Lipinski definition) is 0. The van der Waals surface area contributed by atoms with Gasteiger partial charge in [-0.1, -0.05) is 12.1 Å². The number of nitro groups is 1. The summed E-state index contributed by atoms with van der Waals surface area (Å²) in [6.07, 6.45) is 0. The Kier molecular flexibility index (Phi) is 6.46. The fourth-order valence-electron chi connectivity index (χ4n) is 3.04. The van der Waals surface area contributed by atoms with Gasteiger partial charge in [0.2, 0.25) is 0 Å². The van der Waals surface area contributed by atoms with Crippen LogP contribution in [-0.4, -0.2) is 36.1 Å². The summed E-state index contributed by atoms with van der Waals surface area (Å²) in [5.74, 6) is 1.04. The lowest BCUT2D eigenvalue weighted by Gasteiger charge is -2.20. The van der Waals surface area contributed by atoms with E-state index in [4.69, 9.17) is 13.9 Å². The van der Waals surface area contributed by atoms with Crippen LogP contribution in [0.4, 0.5) is 5.69 Å². The zero-order valence-corrected chi connectivity index (χ0v) is 16.3. The fourth-order valence-corrected chi connectivity index (χ4v) is 3.04. The number of carbonyl (C=O) groups is 1. The number of benzene rings is 2. The van der Waals surface area contributed by atoms with E-state index in [1.165, 1.54) is 12.1 Å². The van der Waals surface area contributed by atoms with Crippen molar-refractivity contribution < 1.29 is 23.6 Å². The third-order valence-electron chi connectivity index (χ3n) is 4.36. The Bertz CT molecular complexity index is 996. The van der Waals surface area contributed by atoms with E-state index in [9.17, 15) is 14.9 Å². The summed E-state index contributed by atoms with van der Waals surface area (Å²) in [5, 5.41) is 11.6. The van der Waals surface area contributed by atoms with Crippen LogP contribution >= 0.6 is 0 Å². The fraction of sp³-hybridized carbons (Fsp3) is 0.286. The first kappa shape index (κ1) is 20.3. The number of esters is 1. The normalized spacial score (nSPS) is 11.0. The van der Waals surface area contributed by atoms with Crippen molar-refractivity contribution >= 4 is 22.6 Å². The van der Waals surface area contributed by atoms with Crippen LogP contribution in [0.25, 0.3) is 11.0 Å². The molecular weight excluding hydrogens is 376 g/mol. The smallest absolute Gasteiger partial charge is 0.320 e. The lowest BCUT2D eigenvalue weighted by atomic mass is 10.2. The van der Waals surface area contributed by atoms with Crippen molar-refractivity contribution in [2.24, 2.45) is 0 Å². The second kappa shape index (κ2) is 9.20. The maximum Gasteiger partial charge on any atom is 0.320 e. The summed E-state index contributed by atoms with van der Waals surface area (Å²) in [7, 11) is 1.61. The molecule has 3 aromatic rings. The first-order valence-electron chi connectivity index (χ1n) is 9.16. The number of fused-ring (bicyclic) bond motifs is 1. The minimum Gasteiger partial charge on any atom is -0.497 e. The molecule has 0 fully saturated rings. The summed E-state index contributed by atoms with van der Waals surface area (Å²) in [4.78, 5) is 24.5. The molecule has 0 saturated carbocycles. The van der Waals surface area contributed by atoms with Gasteiger partial charge >= 0.3 is 5.97 Å². The topological polar surface area (TPSA) is 95.0 Å². The number of hydrogen-bond acceptors (Lipinski definition) is 7. The molecule has 3 rings (SSSR count). The van der Waals surface area contributed by atoms with Crippen molar-refractivity contribution in [3.8, 4) is 5.75 Å². The van der Waals surface area contributed by atoms with E-state index in [1.54, 1.807) is 26.2 Å². The van der Waals surface area contributed by atoms with Crippen LogP contribution in [0.2, 0.25) is 0 Å². The van der Waals surface area contributed by atoms with Crippen molar-refractivity contribution in [3.05, 3.63) is 70.0 Å². The third kappa shape index (κ3) is 5.32. The van der Waals surface area contributed by atoms with E-state index in [0.29, 0.717) is 36.4 Å². The van der Waals surface area contributed by atoms with Crippen molar-refractivity contribution in [1.82, 2.24) is 4.90 Å². The standard InChI is InChI=1S/C21H22N2O6/c1-3-28-21(24)14-22(12-15-4-7-18(27-2)8-5-15)13-19-11-16-10-17(23(25)26)6-9-20(16)29-19/h4-11H,3,12-14H2,1-2H3. The van der Waals surface area contributed by atoms with Crippen LogP contribution in [0.15, 0.2) is 52.9 Å². The van der Waals surface area contributed by atoms with Gasteiger partial charge in [0.25, 0.3) is 5.69 Å². The Balaban J connectivity index is 1.80. The van der Waals surface area contributed by atoms with E-state index >= 15 is 0 Å². The molecule has 1 heterocycles. The Labute approximate surface area is 167 Å². The molecular formula is C21H22N2O6. The Morgan fingerprint density at radius 1 is 1.14 bits per heavy atom. The minimum atomic E-state index is -0.442. The first-order chi connectivity index (χ1) is 14.0. The predicted molar refractivity (Wildman–Crippen MR) is 107 cm³/mol. The van der Waals surface area contributed by atoms with E-state index in [1.807, 2.05) is 29.2 Å². The van der Waals surface area contributed by atoms with Gasteiger partial charge in [0.05, 0.1) is 31.7 Å². The summed E-state index contributed by atoms with van der Waals surface area (Å²) in [6, 6.07) is 13.8. The number of rotatable bonds is 9. The second-order valence-corrected chi connectivity index (χ2v) is 6.49. The maximum absolute atomic E-state index is 12.0. The molecule has 0 spiro atoms. The third-order valence-corrected chi connectivity index (χ3v) is 4.36. The molecule has 0 aliphatic carbocycles.